The molecule has 132 valence electrons. The molecule has 26 heavy (non-hydrogen) atoms. The Kier molecular flexibility index (Phi) is 5.27. The number of nitrogens with zero attached hydrogens (tertiary/aromatic N) is 3. The molecule has 0 aliphatic carbocycles. The van der Waals surface area contributed by atoms with Crippen LogP contribution < -0.4 is 5.32 Å². The number of amides is 1. The Morgan fingerprint density at radius 2 is 1.58 bits per heavy atom. The monoisotopic (exact) mass is 346 g/mol. The summed E-state index contributed by atoms with van der Waals surface area (Å²) in [7, 11) is 1.80. The third-order valence-corrected chi connectivity index (χ3v) is 4.00. The molecule has 0 saturated carbocycles. The number of hydrogen-bond acceptors (Lipinski definition) is 4. The first-order valence-corrected chi connectivity index (χ1v) is 8.50. The van der Waals surface area contributed by atoms with E-state index in [1.165, 1.54) is 0 Å². The van der Waals surface area contributed by atoms with Crippen LogP contribution in [-0.4, -0.2) is 27.8 Å². The summed E-state index contributed by atoms with van der Waals surface area (Å²) in [6.45, 7) is 4.39. The fourth-order valence-corrected chi connectivity index (χ4v) is 2.82. The molecule has 0 fully saturated rings. The normalized spacial score (nSPS) is 10.4. The lowest BCUT2D eigenvalue weighted by molar-refractivity contribution is 0.0786. The van der Waals surface area contributed by atoms with E-state index in [0.29, 0.717) is 23.7 Å². The molecule has 1 N–H and O–H groups in total. The maximum absolute atomic E-state index is 12.9. The quantitative estimate of drug-likeness (QED) is 0.755. The van der Waals surface area contributed by atoms with Crippen LogP contribution in [0.1, 0.15) is 27.3 Å². The number of aryl methyl sites for hydroxylation is 2. The molecule has 1 heterocycles. The zero-order chi connectivity index (χ0) is 18.5. The van der Waals surface area contributed by atoms with Crippen molar-refractivity contribution in [3.05, 3.63) is 83.2 Å². The van der Waals surface area contributed by atoms with Gasteiger partial charge >= 0.3 is 0 Å². The first kappa shape index (κ1) is 17.6. The van der Waals surface area contributed by atoms with Crippen LogP contribution >= 0.6 is 0 Å². The highest BCUT2D eigenvalue weighted by molar-refractivity contribution is 6.00. The number of hydrogen-bond donors (Lipinski definition) is 1. The molecular formula is C21H22N4O. The van der Waals surface area contributed by atoms with Crippen molar-refractivity contribution in [2.45, 2.75) is 20.4 Å². The predicted molar refractivity (Wildman–Crippen MR) is 103 cm³/mol. The number of nitrogens with one attached hydrogen (secondary N) is 1. The summed E-state index contributed by atoms with van der Waals surface area (Å²) >= 11 is 0. The average molecular weight is 346 g/mol. The maximum atomic E-state index is 12.9. The minimum absolute atomic E-state index is 0.0543. The number of anilines is 2. The van der Waals surface area contributed by atoms with Crippen molar-refractivity contribution in [2.24, 2.45) is 0 Å². The van der Waals surface area contributed by atoms with Crippen LogP contribution in [0, 0.1) is 13.8 Å². The van der Waals surface area contributed by atoms with E-state index in [1.54, 1.807) is 11.9 Å². The van der Waals surface area contributed by atoms with Gasteiger partial charge in [0.05, 0.1) is 11.3 Å². The minimum atomic E-state index is -0.0543. The number of para-hydroxylation sites is 1. The van der Waals surface area contributed by atoms with Crippen molar-refractivity contribution >= 4 is 17.5 Å². The van der Waals surface area contributed by atoms with E-state index in [2.05, 4.69) is 15.3 Å². The number of carbonyl (C=O) groups excluding carboxylic acids is 1. The molecule has 3 aromatic rings. The Labute approximate surface area is 153 Å². The zero-order valence-electron chi connectivity index (χ0n) is 15.2. The van der Waals surface area contributed by atoms with E-state index in [1.807, 2.05) is 74.5 Å². The topological polar surface area (TPSA) is 58.1 Å². The molecule has 0 radical (unpaired) electrons. The van der Waals surface area contributed by atoms with Gasteiger partial charge in [0, 0.05) is 25.0 Å². The molecule has 0 aliphatic heterocycles. The predicted octanol–water partition coefficient (Wildman–Crippen LogP) is 4.11. The summed E-state index contributed by atoms with van der Waals surface area (Å²) in [5, 5.41) is 3.18. The second-order valence-corrected chi connectivity index (χ2v) is 6.29. The number of aromatic nitrogens is 2. The molecule has 0 saturated heterocycles. The van der Waals surface area contributed by atoms with E-state index in [4.69, 9.17) is 0 Å². The highest BCUT2D eigenvalue weighted by Crippen LogP contribution is 2.21. The lowest BCUT2D eigenvalue weighted by Crippen LogP contribution is -2.26. The highest BCUT2D eigenvalue weighted by atomic mass is 16.2. The summed E-state index contributed by atoms with van der Waals surface area (Å²) in [4.78, 5) is 23.4. The van der Waals surface area contributed by atoms with Crippen LogP contribution in [-0.2, 0) is 6.54 Å². The number of carbonyl (C=O) groups is 1. The molecule has 0 atom stereocenters. The van der Waals surface area contributed by atoms with E-state index in [-0.39, 0.29) is 5.91 Å². The molecule has 1 aromatic heterocycles. The molecule has 3 rings (SSSR count). The Bertz CT molecular complexity index is 889. The van der Waals surface area contributed by atoms with Crippen LogP contribution in [0.2, 0.25) is 0 Å². The van der Waals surface area contributed by atoms with Gasteiger partial charge in [-0.2, -0.15) is 0 Å². The van der Waals surface area contributed by atoms with Gasteiger partial charge in [-0.1, -0.05) is 42.5 Å². The van der Waals surface area contributed by atoms with Gasteiger partial charge in [-0.25, -0.2) is 9.97 Å². The van der Waals surface area contributed by atoms with Crippen LogP contribution in [0.15, 0.2) is 60.7 Å². The van der Waals surface area contributed by atoms with Gasteiger partial charge in [-0.15, -0.1) is 0 Å². The number of rotatable bonds is 5. The summed E-state index contributed by atoms with van der Waals surface area (Å²) in [6, 6.07) is 19.3. The Hall–Kier alpha value is -3.21. The van der Waals surface area contributed by atoms with Crippen molar-refractivity contribution in [3.8, 4) is 0 Å². The third-order valence-electron chi connectivity index (χ3n) is 4.00. The Balaban J connectivity index is 1.83. The molecule has 0 aliphatic rings. The summed E-state index contributed by atoms with van der Waals surface area (Å²) in [5.41, 5.74) is 4.14. The van der Waals surface area contributed by atoms with Crippen molar-refractivity contribution in [2.75, 3.05) is 12.4 Å². The fraction of sp³-hybridized carbons (Fsp3) is 0.190. The van der Waals surface area contributed by atoms with Crippen molar-refractivity contribution < 1.29 is 4.79 Å². The van der Waals surface area contributed by atoms with Gasteiger partial charge in [0.2, 0.25) is 5.95 Å². The standard InChI is InChI=1S/C21H22N4O/c1-15-13-16(2)23-21(22-15)24-19-12-8-7-11-18(19)20(26)25(3)14-17-9-5-4-6-10-17/h4-13H,14H2,1-3H3,(H,22,23,24). The molecule has 5 nitrogen and oxygen atoms in total. The molecule has 0 unspecified atom stereocenters. The smallest absolute Gasteiger partial charge is 0.256 e. The highest BCUT2D eigenvalue weighted by Gasteiger charge is 2.16. The molecule has 2 aromatic carbocycles. The third kappa shape index (κ3) is 4.25. The average Bonchev–Trinajstić information content (AvgIpc) is 2.61. The molecule has 1 amide bonds. The molecular weight excluding hydrogens is 324 g/mol. The van der Waals surface area contributed by atoms with E-state index >= 15 is 0 Å². The second-order valence-electron chi connectivity index (χ2n) is 6.29. The fourth-order valence-electron chi connectivity index (χ4n) is 2.82. The molecule has 5 heteroatoms. The lowest BCUT2D eigenvalue weighted by atomic mass is 10.1. The maximum Gasteiger partial charge on any atom is 0.256 e. The van der Waals surface area contributed by atoms with Crippen molar-refractivity contribution in [1.29, 1.82) is 0 Å². The van der Waals surface area contributed by atoms with Gasteiger partial charge in [0.1, 0.15) is 0 Å². The van der Waals surface area contributed by atoms with Gasteiger partial charge in [0.25, 0.3) is 5.91 Å². The first-order valence-electron chi connectivity index (χ1n) is 8.50. The second kappa shape index (κ2) is 7.78. The van der Waals surface area contributed by atoms with Crippen LogP contribution in [0.5, 0.6) is 0 Å². The Morgan fingerprint density at radius 3 is 2.27 bits per heavy atom. The lowest BCUT2D eigenvalue weighted by Gasteiger charge is -2.19. The van der Waals surface area contributed by atoms with Crippen molar-refractivity contribution in [3.63, 3.8) is 0 Å². The van der Waals surface area contributed by atoms with Crippen LogP contribution in [0.25, 0.3) is 0 Å². The van der Waals surface area contributed by atoms with Gasteiger partial charge < -0.3 is 10.2 Å². The summed E-state index contributed by atoms with van der Waals surface area (Å²) in [6.07, 6.45) is 0. The van der Waals surface area contributed by atoms with Gasteiger partial charge in [0.15, 0.2) is 0 Å². The summed E-state index contributed by atoms with van der Waals surface area (Å²) in [5.74, 6) is 0.440. The van der Waals surface area contributed by atoms with Gasteiger partial charge in [-0.3, -0.25) is 4.79 Å². The SMILES string of the molecule is Cc1cc(C)nc(Nc2ccccc2C(=O)N(C)Cc2ccccc2)n1. The van der Waals surface area contributed by atoms with Crippen LogP contribution in [0.3, 0.4) is 0 Å². The molecule has 0 spiro atoms. The largest absolute Gasteiger partial charge is 0.337 e. The van der Waals surface area contributed by atoms with E-state index in [0.717, 1.165) is 17.0 Å². The van der Waals surface area contributed by atoms with E-state index < -0.39 is 0 Å². The number of benzene rings is 2. The van der Waals surface area contributed by atoms with Gasteiger partial charge in [-0.05, 0) is 37.6 Å². The minimum Gasteiger partial charge on any atom is -0.337 e. The zero-order valence-corrected chi connectivity index (χ0v) is 15.2. The van der Waals surface area contributed by atoms with E-state index in [9.17, 15) is 4.79 Å². The van der Waals surface area contributed by atoms with Crippen molar-refractivity contribution in [1.82, 2.24) is 14.9 Å². The summed E-state index contributed by atoms with van der Waals surface area (Å²) < 4.78 is 0. The molecule has 0 bridgehead atoms. The Morgan fingerprint density at radius 1 is 0.962 bits per heavy atom. The van der Waals surface area contributed by atoms with Crippen LogP contribution in [0.4, 0.5) is 11.6 Å². The first-order chi connectivity index (χ1) is 12.5.